The van der Waals surface area contributed by atoms with Crippen LogP contribution in [0.1, 0.15) is 18.4 Å². The van der Waals surface area contributed by atoms with E-state index in [1.165, 1.54) is 0 Å². The van der Waals surface area contributed by atoms with E-state index in [1.54, 1.807) is 13.2 Å². The van der Waals surface area contributed by atoms with Crippen LogP contribution in [-0.2, 0) is 4.79 Å². The fourth-order valence-corrected chi connectivity index (χ4v) is 1.80. The molecule has 0 N–H and O–H groups in total. The lowest BCUT2D eigenvalue weighted by Crippen LogP contribution is -2.04. The van der Waals surface area contributed by atoms with Crippen molar-refractivity contribution in [1.82, 2.24) is 0 Å². The van der Waals surface area contributed by atoms with Gasteiger partial charge in [0.1, 0.15) is 5.75 Å². The zero-order valence-electron chi connectivity index (χ0n) is 9.32. The Morgan fingerprint density at radius 3 is 2.50 bits per heavy atom. The van der Waals surface area contributed by atoms with Gasteiger partial charge in [0.25, 0.3) is 0 Å². The molecule has 82 valence electrons. The molecule has 0 saturated heterocycles. The maximum absolute atomic E-state index is 11.4. The van der Waals surface area contributed by atoms with Gasteiger partial charge in [0.15, 0.2) is 5.78 Å². The summed E-state index contributed by atoms with van der Waals surface area (Å²) in [5.74, 6) is 0.996. The Kier molecular flexibility index (Phi) is 2.91. The van der Waals surface area contributed by atoms with E-state index in [4.69, 9.17) is 4.74 Å². The van der Waals surface area contributed by atoms with E-state index in [-0.39, 0.29) is 5.78 Å². The zero-order chi connectivity index (χ0) is 11.5. The number of ether oxygens (including phenoxy) is 1. The summed E-state index contributed by atoms with van der Waals surface area (Å²) in [4.78, 5) is 11.4. The Morgan fingerprint density at radius 1 is 1.19 bits per heavy atom. The van der Waals surface area contributed by atoms with Crippen LogP contribution in [0.4, 0.5) is 0 Å². The molecule has 0 aromatic heterocycles. The first-order valence-electron chi connectivity index (χ1n) is 5.28. The predicted molar refractivity (Wildman–Crippen MR) is 64.4 cm³/mol. The Balaban J connectivity index is 2.35. The van der Waals surface area contributed by atoms with Crippen molar-refractivity contribution in [2.75, 3.05) is 7.11 Å². The second kappa shape index (κ2) is 4.35. The number of methoxy groups -OCH3 is 1. The topological polar surface area (TPSA) is 26.3 Å². The van der Waals surface area contributed by atoms with Gasteiger partial charge < -0.3 is 4.74 Å². The van der Waals surface area contributed by atoms with Crippen molar-refractivity contribution in [3.63, 3.8) is 0 Å². The highest BCUT2D eigenvalue weighted by Gasteiger charge is 2.14. The molecule has 0 amide bonds. The lowest BCUT2D eigenvalue weighted by molar-refractivity contribution is -0.114. The Bertz CT molecular complexity index is 452. The SMILES string of the molecule is C=C1CCC(=O)C=C1c1ccc(OC)cc1. The molecule has 2 heteroatoms. The molecular formula is C14H14O2. The van der Waals surface area contributed by atoms with Crippen molar-refractivity contribution < 1.29 is 9.53 Å². The Morgan fingerprint density at radius 2 is 1.88 bits per heavy atom. The molecule has 0 aliphatic heterocycles. The molecule has 1 aromatic rings. The van der Waals surface area contributed by atoms with Gasteiger partial charge in [0.05, 0.1) is 7.11 Å². The monoisotopic (exact) mass is 214 g/mol. The van der Waals surface area contributed by atoms with Crippen LogP contribution in [0, 0.1) is 0 Å². The third-order valence-corrected chi connectivity index (χ3v) is 2.76. The van der Waals surface area contributed by atoms with Crippen LogP contribution in [0.5, 0.6) is 5.75 Å². The highest BCUT2D eigenvalue weighted by molar-refractivity contribution is 6.02. The average Bonchev–Trinajstić information content (AvgIpc) is 2.32. The Hall–Kier alpha value is -1.83. The smallest absolute Gasteiger partial charge is 0.156 e. The summed E-state index contributed by atoms with van der Waals surface area (Å²) >= 11 is 0. The molecule has 0 radical (unpaired) electrons. The van der Waals surface area contributed by atoms with Crippen LogP contribution in [0.25, 0.3) is 5.57 Å². The van der Waals surface area contributed by atoms with E-state index in [0.717, 1.165) is 28.9 Å². The summed E-state index contributed by atoms with van der Waals surface area (Å²) in [5.41, 5.74) is 3.02. The maximum Gasteiger partial charge on any atom is 0.156 e. The summed E-state index contributed by atoms with van der Waals surface area (Å²) in [6.07, 6.45) is 3.03. The highest BCUT2D eigenvalue weighted by Crippen LogP contribution is 2.30. The van der Waals surface area contributed by atoms with Crippen LogP contribution in [0.15, 0.2) is 42.5 Å². The van der Waals surface area contributed by atoms with Crippen molar-refractivity contribution in [2.45, 2.75) is 12.8 Å². The third-order valence-electron chi connectivity index (χ3n) is 2.76. The minimum absolute atomic E-state index is 0.179. The molecule has 1 aliphatic rings. The van der Waals surface area contributed by atoms with Gasteiger partial charge in [-0.15, -0.1) is 0 Å². The molecule has 2 rings (SSSR count). The minimum Gasteiger partial charge on any atom is -0.497 e. The normalized spacial score (nSPS) is 15.9. The lowest BCUT2D eigenvalue weighted by atomic mass is 9.89. The average molecular weight is 214 g/mol. The second-order valence-electron chi connectivity index (χ2n) is 3.86. The van der Waals surface area contributed by atoms with Gasteiger partial charge >= 0.3 is 0 Å². The molecular weight excluding hydrogens is 200 g/mol. The molecule has 0 fully saturated rings. The quantitative estimate of drug-likeness (QED) is 0.756. The van der Waals surface area contributed by atoms with Crippen molar-refractivity contribution in [3.8, 4) is 5.75 Å². The molecule has 0 bridgehead atoms. The summed E-state index contributed by atoms with van der Waals surface area (Å²) in [6.45, 7) is 4.00. The molecule has 1 aromatic carbocycles. The fourth-order valence-electron chi connectivity index (χ4n) is 1.80. The number of hydrogen-bond acceptors (Lipinski definition) is 2. The molecule has 0 unspecified atom stereocenters. The molecule has 2 nitrogen and oxygen atoms in total. The maximum atomic E-state index is 11.4. The van der Waals surface area contributed by atoms with Crippen molar-refractivity contribution in [3.05, 3.63) is 48.1 Å². The van der Waals surface area contributed by atoms with Crippen LogP contribution < -0.4 is 4.74 Å². The molecule has 1 aliphatic carbocycles. The van der Waals surface area contributed by atoms with Crippen LogP contribution >= 0.6 is 0 Å². The third kappa shape index (κ3) is 2.06. The van der Waals surface area contributed by atoms with E-state index >= 15 is 0 Å². The number of hydrogen-bond donors (Lipinski definition) is 0. The zero-order valence-corrected chi connectivity index (χ0v) is 9.32. The van der Waals surface area contributed by atoms with Crippen molar-refractivity contribution in [2.24, 2.45) is 0 Å². The van der Waals surface area contributed by atoms with Gasteiger partial charge in [-0.3, -0.25) is 4.79 Å². The van der Waals surface area contributed by atoms with Gasteiger partial charge in [-0.2, -0.15) is 0 Å². The summed E-state index contributed by atoms with van der Waals surface area (Å²) in [5, 5.41) is 0. The molecule has 0 heterocycles. The molecule has 16 heavy (non-hydrogen) atoms. The lowest BCUT2D eigenvalue weighted by Gasteiger charge is -2.15. The standard InChI is InChI=1S/C14H14O2/c1-10-3-6-12(15)9-14(10)11-4-7-13(16-2)8-5-11/h4-5,7-9H,1,3,6H2,2H3. The second-order valence-corrected chi connectivity index (χ2v) is 3.86. The number of rotatable bonds is 2. The first kappa shape index (κ1) is 10.7. The van der Waals surface area contributed by atoms with E-state index in [0.29, 0.717) is 6.42 Å². The van der Waals surface area contributed by atoms with Crippen molar-refractivity contribution >= 4 is 11.4 Å². The fraction of sp³-hybridized carbons (Fsp3) is 0.214. The number of benzene rings is 1. The number of allylic oxidation sites excluding steroid dienone is 3. The van der Waals surface area contributed by atoms with Crippen LogP contribution in [-0.4, -0.2) is 12.9 Å². The van der Waals surface area contributed by atoms with Gasteiger partial charge in [-0.25, -0.2) is 0 Å². The van der Waals surface area contributed by atoms with Crippen LogP contribution in [0.3, 0.4) is 0 Å². The summed E-state index contributed by atoms with van der Waals surface area (Å²) in [7, 11) is 1.64. The minimum atomic E-state index is 0.179. The van der Waals surface area contributed by atoms with E-state index in [9.17, 15) is 4.79 Å². The first-order valence-corrected chi connectivity index (χ1v) is 5.28. The van der Waals surface area contributed by atoms with Gasteiger partial charge in [0.2, 0.25) is 0 Å². The highest BCUT2D eigenvalue weighted by atomic mass is 16.5. The van der Waals surface area contributed by atoms with Crippen molar-refractivity contribution in [1.29, 1.82) is 0 Å². The number of ketones is 1. The number of carbonyl (C=O) groups excluding carboxylic acids is 1. The predicted octanol–water partition coefficient (Wildman–Crippen LogP) is 3.00. The summed E-state index contributed by atoms with van der Waals surface area (Å²) in [6, 6.07) is 7.69. The van der Waals surface area contributed by atoms with E-state index in [2.05, 4.69) is 6.58 Å². The van der Waals surface area contributed by atoms with Crippen LogP contribution in [0.2, 0.25) is 0 Å². The Labute approximate surface area is 95.2 Å². The van der Waals surface area contributed by atoms with E-state index < -0.39 is 0 Å². The molecule has 0 spiro atoms. The van der Waals surface area contributed by atoms with Gasteiger partial charge in [-0.1, -0.05) is 18.7 Å². The summed E-state index contributed by atoms with van der Waals surface area (Å²) < 4.78 is 5.10. The van der Waals surface area contributed by atoms with Gasteiger partial charge in [-0.05, 0) is 41.3 Å². The first-order chi connectivity index (χ1) is 7.70. The molecule has 0 saturated carbocycles. The van der Waals surface area contributed by atoms with E-state index in [1.807, 2.05) is 24.3 Å². The van der Waals surface area contributed by atoms with Gasteiger partial charge in [0, 0.05) is 6.42 Å². The largest absolute Gasteiger partial charge is 0.497 e. The molecule has 0 atom stereocenters. The number of carbonyl (C=O) groups is 1.